The highest BCUT2D eigenvalue weighted by Crippen LogP contribution is 2.34. The second-order valence-electron chi connectivity index (χ2n) is 11.3. The largest absolute Gasteiger partial charge is 0.493 e. The number of aromatic nitrogens is 5. The van der Waals surface area contributed by atoms with E-state index in [1.54, 1.807) is 30.5 Å². The van der Waals surface area contributed by atoms with E-state index in [2.05, 4.69) is 39.1 Å². The SMILES string of the molecule is C=CC(=O)N1CCN(c2ncc(-c3ccc(OC)c(Nc4ncc(C(=O)Nc5c(C)cccc5Cl)s4)n3)cc2-n2cc(C)cn2)[C@@H](C)C1. The minimum atomic E-state index is -0.319. The van der Waals surface area contributed by atoms with Crippen LogP contribution in [0.4, 0.5) is 22.5 Å². The van der Waals surface area contributed by atoms with E-state index in [0.717, 1.165) is 28.2 Å². The quantitative estimate of drug-likeness (QED) is 0.172. The Morgan fingerprint density at radius 2 is 1.96 bits per heavy atom. The molecule has 4 aromatic heterocycles. The fourth-order valence-electron chi connectivity index (χ4n) is 5.49. The number of rotatable bonds is 9. The van der Waals surface area contributed by atoms with Crippen molar-refractivity contribution in [1.82, 2.24) is 29.6 Å². The lowest BCUT2D eigenvalue weighted by molar-refractivity contribution is -0.126. The Balaban J connectivity index is 1.28. The number of nitrogens with zero attached hydrogens (tertiary/aromatic N) is 7. The van der Waals surface area contributed by atoms with Gasteiger partial charge in [0.15, 0.2) is 22.5 Å². The topological polar surface area (TPSA) is 130 Å². The number of benzene rings is 1. The molecule has 2 N–H and O–H groups in total. The van der Waals surface area contributed by atoms with Crippen LogP contribution in [-0.4, -0.2) is 74.2 Å². The Morgan fingerprint density at radius 3 is 2.67 bits per heavy atom. The molecule has 5 aromatic rings. The zero-order valence-corrected chi connectivity index (χ0v) is 28.5. The number of amides is 2. The van der Waals surface area contributed by atoms with Gasteiger partial charge in [-0.25, -0.2) is 19.6 Å². The molecule has 6 rings (SSSR count). The minimum absolute atomic E-state index is 0.0188. The van der Waals surface area contributed by atoms with Gasteiger partial charge in [-0.3, -0.25) is 9.59 Å². The van der Waals surface area contributed by atoms with Crippen LogP contribution in [0.15, 0.2) is 73.8 Å². The zero-order chi connectivity index (χ0) is 33.9. The van der Waals surface area contributed by atoms with Crippen molar-refractivity contribution >= 4 is 57.2 Å². The molecule has 1 aliphatic rings. The maximum absolute atomic E-state index is 13.0. The highest BCUT2D eigenvalue weighted by atomic mass is 35.5. The Kier molecular flexibility index (Phi) is 9.42. The average Bonchev–Trinajstić information content (AvgIpc) is 3.75. The Hall–Kier alpha value is -5.27. The van der Waals surface area contributed by atoms with Crippen molar-refractivity contribution < 1.29 is 14.3 Å². The molecule has 0 unspecified atom stereocenters. The molecule has 2 amide bonds. The maximum atomic E-state index is 13.0. The number of nitrogens with one attached hydrogen (secondary N) is 2. The number of carbonyl (C=O) groups is 2. The molecular formula is C34H34ClN9O3S. The van der Waals surface area contributed by atoms with Gasteiger partial charge in [-0.05, 0) is 62.2 Å². The molecule has 1 atom stereocenters. The molecule has 1 fully saturated rings. The molecule has 48 heavy (non-hydrogen) atoms. The van der Waals surface area contributed by atoms with Crippen LogP contribution in [0.5, 0.6) is 5.75 Å². The Labute approximate surface area is 287 Å². The van der Waals surface area contributed by atoms with Crippen molar-refractivity contribution in [2.24, 2.45) is 0 Å². The summed E-state index contributed by atoms with van der Waals surface area (Å²) in [5.74, 6) is 1.29. The van der Waals surface area contributed by atoms with Gasteiger partial charge in [0.1, 0.15) is 10.6 Å². The first-order valence-electron chi connectivity index (χ1n) is 15.2. The molecule has 0 saturated carbocycles. The van der Waals surface area contributed by atoms with E-state index in [1.165, 1.54) is 23.6 Å². The van der Waals surface area contributed by atoms with Gasteiger partial charge in [0.05, 0.1) is 35.9 Å². The number of methoxy groups -OCH3 is 1. The first-order chi connectivity index (χ1) is 23.1. The monoisotopic (exact) mass is 683 g/mol. The third kappa shape index (κ3) is 6.73. The summed E-state index contributed by atoms with van der Waals surface area (Å²) in [7, 11) is 1.56. The number of anilines is 4. The van der Waals surface area contributed by atoms with Crippen LogP contribution in [0.25, 0.3) is 16.9 Å². The fourth-order valence-corrected chi connectivity index (χ4v) is 6.47. The third-order valence-corrected chi connectivity index (χ3v) is 9.21. The molecule has 0 radical (unpaired) electrons. The number of carbonyl (C=O) groups excluding carboxylic acids is 2. The number of hydrogen-bond acceptors (Lipinski definition) is 10. The lowest BCUT2D eigenvalue weighted by Crippen LogP contribution is -2.54. The van der Waals surface area contributed by atoms with Crippen LogP contribution in [0.2, 0.25) is 5.02 Å². The molecule has 1 saturated heterocycles. The first kappa shape index (κ1) is 32.7. The number of pyridine rings is 2. The highest BCUT2D eigenvalue weighted by molar-refractivity contribution is 7.17. The molecule has 12 nitrogen and oxygen atoms in total. The molecular weight excluding hydrogens is 650 g/mol. The van der Waals surface area contributed by atoms with Crippen LogP contribution in [0.3, 0.4) is 0 Å². The minimum Gasteiger partial charge on any atom is -0.493 e. The van der Waals surface area contributed by atoms with Crippen molar-refractivity contribution in [2.75, 3.05) is 42.3 Å². The summed E-state index contributed by atoms with van der Waals surface area (Å²) >= 11 is 7.48. The number of para-hydroxylation sites is 1. The van der Waals surface area contributed by atoms with Gasteiger partial charge in [0, 0.05) is 43.6 Å². The molecule has 1 aliphatic heterocycles. The van der Waals surface area contributed by atoms with Crippen molar-refractivity contribution in [3.05, 3.63) is 94.9 Å². The maximum Gasteiger partial charge on any atom is 0.267 e. The van der Waals surface area contributed by atoms with E-state index in [9.17, 15) is 9.59 Å². The summed E-state index contributed by atoms with van der Waals surface area (Å²) in [6.45, 7) is 11.3. The molecule has 0 bridgehead atoms. The number of halogens is 1. The van der Waals surface area contributed by atoms with Gasteiger partial charge in [0.2, 0.25) is 5.91 Å². The lowest BCUT2D eigenvalue weighted by atomic mass is 10.1. The second kappa shape index (κ2) is 13.8. The second-order valence-corrected chi connectivity index (χ2v) is 12.8. The molecule has 14 heteroatoms. The highest BCUT2D eigenvalue weighted by Gasteiger charge is 2.29. The van der Waals surface area contributed by atoms with E-state index in [1.807, 2.05) is 55.1 Å². The Bertz CT molecular complexity index is 1990. The lowest BCUT2D eigenvalue weighted by Gasteiger charge is -2.40. The zero-order valence-electron chi connectivity index (χ0n) is 26.9. The van der Waals surface area contributed by atoms with E-state index < -0.39 is 0 Å². The summed E-state index contributed by atoms with van der Waals surface area (Å²) in [5, 5.41) is 11.6. The van der Waals surface area contributed by atoms with Gasteiger partial charge in [-0.2, -0.15) is 5.10 Å². The molecule has 5 heterocycles. The average molecular weight is 684 g/mol. The third-order valence-electron chi connectivity index (χ3n) is 7.98. The predicted molar refractivity (Wildman–Crippen MR) is 189 cm³/mol. The number of hydrogen-bond donors (Lipinski definition) is 2. The summed E-state index contributed by atoms with van der Waals surface area (Å²) in [6, 6.07) is 11.1. The van der Waals surface area contributed by atoms with Gasteiger partial charge >= 0.3 is 0 Å². The van der Waals surface area contributed by atoms with E-state index in [4.69, 9.17) is 26.3 Å². The summed E-state index contributed by atoms with van der Waals surface area (Å²) in [4.78, 5) is 43.9. The van der Waals surface area contributed by atoms with Crippen LogP contribution in [0, 0.1) is 13.8 Å². The molecule has 1 aromatic carbocycles. The summed E-state index contributed by atoms with van der Waals surface area (Å²) < 4.78 is 7.40. The molecule has 0 spiro atoms. The van der Waals surface area contributed by atoms with Crippen molar-refractivity contribution in [1.29, 1.82) is 0 Å². The van der Waals surface area contributed by atoms with Crippen LogP contribution in [0.1, 0.15) is 27.7 Å². The Morgan fingerprint density at radius 1 is 1.12 bits per heavy atom. The number of ether oxygens (including phenoxy) is 1. The van der Waals surface area contributed by atoms with Crippen LogP contribution >= 0.6 is 22.9 Å². The van der Waals surface area contributed by atoms with Gasteiger partial charge in [-0.1, -0.05) is 41.6 Å². The van der Waals surface area contributed by atoms with E-state index in [0.29, 0.717) is 57.6 Å². The normalized spacial score (nSPS) is 14.5. The van der Waals surface area contributed by atoms with Gasteiger partial charge < -0.3 is 25.2 Å². The standard InChI is InChI=1S/C34H34ClN9O3S/c1-6-29(45)42-12-13-43(22(4)19-42)32-26(44-18-20(2)15-38-44)14-23(16-36-32)25-10-11-27(47-5)31(39-25)41-34-37-17-28(48-34)33(46)40-30-21(3)8-7-9-24(30)35/h6-11,14-18,22H,1,12-13,19H2,2-5H3,(H,40,46)(H,37,39,41)/t22-/m0/s1. The van der Waals surface area contributed by atoms with Gasteiger partial charge in [0.25, 0.3) is 5.91 Å². The van der Waals surface area contributed by atoms with Crippen molar-refractivity contribution in [3.8, 4) is 22.7 Å². The molecule has 246 valence electrons. The van der Waals surface area contributed by atoms with Crippen LogP contribution in [-0.2, 0) is 4.79 Å². The predicted octanol–water partition coefficient (Wildman–Crippen LogP) is 6.28. The smallest absolute Gasteiger partial charge is 0.267 e. The van der Waals surface area contributed by atoms with Gasteiger partial charge in [-0.15, -0.1) is 0 Å². The van der Waals surface area contributed by atoms with Crippen LogP contribution < -0.4 is 20.3 Å². The summed E-state index contributed by atoms with van der Waals surface area (Å²) in [6.07, 6.45) is 8.38. The summed E-state index contributed by atoms with van der Waals surface area (Å²) in [5.41, 5.74) is 4.61. The van der Waals surface area contributed by atoms with E-state index >= 15 is 0 Å². The van der Waals surface area contributed by atoms with Crippen molar-refractivity contribution in [3.63, 3.8) is 0 Å². The van der Waals surface area contributed by atoms with Crippen molar-refractivity contribution in [2.45, 2.75) is 26.8 Å². The first-order valence-corrected chi connectivity index (χ1v) is 16.4. The number of aryl methyl sites for hydroxylation is 2. The fraction of sp³-hybridized carbons (Fsp3) is 0.235. The van der Waals surface area contributed by atoms with E-state index in [-0.39, 0.29) is 17.9 Å². The molecule has 0 aliphatic carbocycles. The number of thiazole rings is 1. The number of piperazine rings is 1.